The van der Waals surface area contributed by atoms with Gasteiger partial charge >= 0.3 is 0 Å². The zero-order valence-corrected chi connectivity index (χ0v) is 10.4. The van der Waals surface area contributed by atoms with Gasteiger partial charge in [-0.3, -0.25) is 4.40 Å². The lowest BCUT2D eigenvalue weighted by Crippen LogP contribution is -1.94. The number of rotatable bonds is 4. The number of imidazole rings is 1. The molecule has 2 aromatic heterocycles. The van der Waals surface area contributed by atoms with Crippen LogP contribution in [0, 0.1) is 5.92 Å². The summed E-state index contributed by atoms with van der Waals surface area (Å²) < 4.78 is 1.97. The molecule has 0 fully saturated rings. The van der Waals surface area contributed by atoms with E-state index in [1.165, 1.54) is 0 Å². The van der Waals surface area contributed by atoms with Crippen LogP contribution in [0.3, 0.4) is 0 Å². The molecular formula is C10H14N2OS2. The van der Waals surface area contributed by atoms with Gasteiger partial charge in [0.1, 0.15) is 5.03 Å². The Morgan fingerprint density at radius 2 is 2.40 bits per heavy atom. The summed E-state index contributed by atoms with van der Waals surface area (Å²) in [5, 5.41) is 12.3. The van der Waals surface area contributed by atoms with Crippen molar-refractivity contribution in [3.8, 4) is 0 Å². The molecule has 0 saturated carbocycles. The Labute approximate surface area is 97.2 Å². The minimum atomic E-state index is 0.0539. The molecule has 0 aromatic carbocycles. The van der Waals surface area contributed by atoms with Crippen molar-refractivity contribution in [3.05, 3.63) is 17.3 Å². The molecular weight excluding hydrogens is 228 g/mol. The van der Waals surface area contributed by atoms with Gasteiger partial charge < -0.3 is 5.11 Å². The molecule has 2 rings (SSSR count). The topological polar surface area (TPSA) is 37.5 Å². The highest BCUT2D eigenvalue weighted by atomic mass is 32.2. The predicted octanol–water partition coefficient (Wildman–Crippen LogP) is 2.64. The number of aliphatic hydroxyl groups excluding tert-OH is 1. The van der Waals surface area contributed by atoms with Gasteiger partial charge in [-0.05, 0) is 5.92 Å². The summed E-state index contributed by atoms with van der Waals surface area (Å²) in [6.45, 7) is 4.42. The Kier molecular flexibility index (Phi) is 3.33. The minimum Gasteiger partial charge on any atom is -0.390 e. The highest BCUT2D eigenvalue weighted by Crippen LogP contribution is 2.27. The van der Waals surface area contributed by atoms with Crippen LogP contribution in [0.25, 0.3) is 4.96 Å². The van der Waals surface area contributed by atoms with E-state index in [0.29, 0.717) is 5.92 Å². The van der Waals surface area contributed by atoms with Crippen molar-refractivity contribution in [2.45, 2.75) is 25.5 Å². The van der Waals surface area contributed by atoms with Crippen LogP contribution in [0.1, 0.15) is 19.5 Å². The second-order valence-corrected chi connectivity index (χ2v) is 5.66. The van der Waals surface area contributed by atoms with Crippen LogP contribution < -0.4 is 0 Å². The van der Waals surface area contributed by atoms with Crippen molar-refractivity contribution in [2.24, 2.45) is 5.92 Å². The molecule has 2 aromatic rings. The normalized spacial score (nSPS) is 11.7. The second kappa shape index (κ2) is 4.55. The lowest BCUT2D eigenvalue weighted by Gasteiger charge is -2.03. The van der Waals surface area contributed by atoms with Crippen LogP contribution in [0.4, 0.5) is 0 Å². The van der Waals surface area contributed by atoms with Gasteiger partial charge in [-0.15, -0.1) is 23.1 Å². The van der Waals surface area contributed by atoms with Crippen LogP contribution in [0.15, 0.2) is 16.6 Å². The number of fused-ring (bicyclic) bond motifs is 1. The monoisotopic (exact) mass is 242 g/mol. The van der Waals surface area contributed by atoms with Gasteiger partial charge in [0.2, 0.25) is 0 Å². The van der Waals surface area contributed by atoms with Crippen LogP contribution in [-0.2, 0) is 6.61 Å². The van der Waals surface area contributed by atoms with Crippen molar-refractivity contribution >= 4 is 28.1 Å². The molecule has 0 radical (unpaired) electrons. The average Bonchev–Trinajstić information content (AvgIpc) is 2.72. The van der Waals surface area contributed by atoms with E-state index in [0.717, 1.165) is 21.4 Å². The molecule has 5 heteroatoms. The average molecular weight is 242 g/mol. The van der Waals surface area contributed by atoms with Crippen LogP contribution in [-0.4, -0.2) is 20.2 Å². The summed E-state index contributed by atoms with van der Waals surface area (Å²) in [5.41, 5.74) is 0.914. The number of hydrogen-bond donors (Lipinski definition) is 1. The van der Waals surface area contributed by atoms with E-state index in [1.54, 1.807) is 23.1 Å². The first-order valence-electron chi connectivity index (χ1n) is 4.90. The largest absolute Gasteiger partial charge is 0.390 e. The molecule has 2 heterocycles. The van der Waals surface area contributed by atoms with Gasteiger partial charge in [0.05, 0.1) is 12.3 Å². The first-order valence-corrected chi connectivity index (χ1v) is 6.77. The van der Waals surface area contributed by atoms with E-state index in [9.17, 15) is 5.11 Å². The van der Waals surface area contributed by atoms with E-state index < -0.39 is 0 Å². The molecule has 0 amide bonds. The zero-order valence-electron chi connectivity index (χ0n) is 8.80. The van der Waals surface area contributed by atoms with Crippen LogP contribution in [0.2, 0.25) is 0 Å². The molecule has 0 aliphatic rings. The smallest absolute Gasteiger partial charge is 0.195 e. The Morgan fingerprint density at radius 1 is 1.60 bits per heavy atom. The summed E-state index contributed by atoms with van der Waals surface area (Å²) in [4.78, 5) is 5.46. The standard InChI is InChI=1S/C10H14N2OS2/c1-7(2)6-15-9-8(5-13)12-3-4-14-10(12)11-9/h3-4,7,13H,5-6H2,1-2H3. The molecule has 3 nitrogen and oxygen atoms in total. The van der Waals surface area contributed by atoms with E-state index in [1.807, 2.05) is 16.0 Å². The van der Waals surface area contributed by atoms with Crippen molar-refractivity contribution in [1.29, 1.82) is 0 Å². The molecule has 0 aliphatic carbocycles. The van der Waals surface area contributed by atoms with Crippen molar-refractivity contribution in [3.63, 3.8) is 0 Å². The molecule has 0 atom stereocenters. The Morgan fingerprint density at radius 3 is 3.07 bits per heavy atom. The van der Waals surface area contributed by atoms with Crippen molar-refractivity contribution in [2.75, 3.05) is 5.75 Å². The molecule has 0 unspecified atom stereocenters. The summed E-state index contributed by atoms with van der Waals surface area (Å²) >= 11 is 3.32. The summed E-state index contributed by atoms with van der Waals surface area (Å²) in [6, 6.07) is 0. The lowest BCUT2D eigenvalue weighted by atomic mass is 10.3. The van der Waals surface area contributed by atoms with Crippen LogP contribution in [0.5, 0.6) is 0 Å². The molecule has 0 saturated heterocycles. The SMILES string of the molecule is CC(C)CSc1nc2sccn2c1CO. The van der Waals surface area contributed by atoms with Crippen molar-refractivity contribution < 1.29 is 5.11 Å². The molecule has 1 N–H and O–H groups in total. The number of thioether (sulfide) groups is 1. The van der Waals surface area contributed by atoms with Gasteiger partial charge in [0.15, 0.2) is 4.96 Å². The van der Waals surface area contributed by atoms with E-state index >= 15 is 0 Å². The van der Waals surface area contributed by atoms with E-state index in [4.69, 9.17) is 0 Å². The van der Waals surface area contributed by atoms with Gasteiger partial charge in [0.25, 0.3) is 0 Å². The van der Waals surface area contributed by atoms with Gasteiger partial charge in [0, 0.05) is 17.3 Å². The highest BCUT2D eigenvalue weighted by Gasteiger charge is 2.12. The number of hydrogen-bond acceptors (Lipinski definition) is 4. The molecule has 0 bridgehead atoms. The third-order valence-corrected chi connectivity index (χ3v) is 4.22. The van der Waals surface area contributed by atoms with Gasteiger partial charge in [-0.1, -0.05) is 13.8 Å². The fourth-order valence-electron chi connectivity index (χ4n) is 1.32. The summed E-state index contributed by atoms with van der Waals surface area (Å²) in [7, 11) is 0. The lowest BCUT2D eigenvalue weighted by molar-refractivity contribution is 0.272. The highest BCUT2D eigenvalue weighted by molar-refractivity contribution is 7.99. The third kappa shape index (κ3) is 2.19. The molecule has 15 heavy (non-hydrogen) atoms. The Balaban J connectivity index is 2.29. The Bertz CT molecular complexity index is 447. The molecule has 82 valence electrons. The maximum atomic E-state index is 9.32. The fourth-order valence-corrected chi connectivity index (χ4v) is 3.08. The quantitative estimate of drug-likeness (QED) is 0.838. The van der Waals surface area contributed by atoms with E-state index in [2.05, 4.69) is 18.8 Å². The molecule has 0 spiro atoms. The predicted molar refractivity (Wildman–Crippen MR) is 64.6 cm³/mol. The number of aliphatic hydroxyl groups is 1. The fraction of sp³-hybridized carbons (Fsp3) is 0.500. The maximum absolute atomic E-state index is 9.32. The first-order chi connectivity index (χ1) is 7.22. The zero-order chi connectivity index (χ0) is 10.8. The second-order valence-electron chi connectivity index (χ2n) is 3.78. The maximum Gasteiger partial charge on any atom is 0.195 e. The van der Waals surface area contributed by atoms with E-state index in [-0.39, 0.29) is 6.61 Å². The third-order valence-electron chi connectivity index (χ3n) is 2.03. The number of aromatic nitrogens is 2. The van der Waals surface area contributed by atoms with Crippen LogP contribution >= 0.6 is 23.1 Å². The van der Waals surface area contributed by atoms with Crippen molar-refractivity contribution in [1.82, 2.24) is 9.38 Å². The Hall–Kier alpha value is -0.520. The van der Waals surface area contributed by atoms with Gasteiger partial charge in [-0.25, -0.2) is 4.98 Å². The summed E-state index contributed by atoms with van der Waals surface area (Å²) in [5.74, 6) is 1.68. The first kappa shape index (κ1) is 11.0. The molecule has 0 aliphatic heterocycles. The van der Waals surface area contributed by atoms with Gasteiger partial charge in [-0.2, -0.15) is 0 Å². The summed E-state index contributed by atoms with van der Waals surface area (Å²) in [6.07, 6.45) is 1.96. The minimum absolute atomic E-state index is 0.0539. The number of nitrogens with zero attached hydrogens (tertiary/aromatic N) is 2. The number of thiazole rings is 1.